The van der Waals surface area contributed by atoms with Crippen LogP contribution in [0, 0.1) is 0 Å². The Morgan fingerprint density at radius 3 is 2.45 bits per heavy atom. The van der Waals surface area contributed by atoms with Gasteiger partial charge in [0.25, 0.3) is 0 Å². The minimum atomic E-state index is -0.333. The number of hydrogen-bond acceptors (Lipinski definition) is 5. The number of ether oxygens (including phenoxy) is 2. The zero-order chi connectivity index (χ0) is 22.2. The minimum Gasteiger partial charge on any atom is -0.493 e. The van der Waals surface area contributed by atoms with Crippen LogP contribution < -0.4 is 19.7 Å². The molecule has 0 atom stereocenters. The molecule has 164 valence electrons. The molecule has 1 aliphatic rings. The molecule has 7 nitrogen and oxygen atoms in total. The summed E-state index contributed by atoms with van der Waals surface area (Å²) in [6, 6.07) is 13.0. The SMILES string of the molecule is COc1ccc(/C=C/C(=O)NCC(=O)N2CCN(c3cccc(Cl)c3)CC2)cc1OC. The largest absolute Gasteiger partial charge is 0.493 e. The third kappa shape index (κ3) is 6.15. The number of anilines is 1. The molecule has 0 radical (unpaired) electrons. The predicted molar refractivity (Wildman–Crippen MR) is 122 cm³/mol. The summed E-state index contributed by atoms with van der Waals surface area (Å²) < 4.78 is 10.4. The number of carbonyl (C=O) groups is 2. The maximum absolute atomic E-state index is 12.4. The topological polar surface area (TPSA) is 71.1 Å². The molecular formula is C23H26ClN3O4. The molecule has 2 aromatic carbocycles. The number of carbonyl (C=O) groups excluding carboxylic acids is 2. The molecule has 1 aliphatic heterocycles. The van der Waals surface area contributed by atoms with E-state index in [0.717, 1.165) is 24.3 Å². The van der Waals surface area contributed by atoms with Crippen LogP contribution in [0.4, 0.5) is 5.69 Å². The molecule has 0 aromatic heterocycles. The lowest BCUT2D eigenvalue weighted by Gasteiger charge is -2.36. The molecule has 0 aliphatic carbocycles. The first kappa shape index (κ1) is 22.5. The van der Waals surface area contributed by atoms with Crippen LogP contribution in [0.15, 0.2) is 48.5 Å². The number of nitrogens with zero attached hydrogens (tertiary/aromatic N) is 2. The van der Waals surface area contributed by atoms with Gasteiger partial charge in [0, 0.05) is 43.0 Å². The first-order valence-corrected chi connectivity index (χ1v) is 10.3. The number of rotatable bonds is 7. The summed E-state index contributed by atoms with van der Waals surface area (Å²) in [6.45, 7) is 2.61. The summed E-state index contributed by atoms with van der Waals surface area (Å²) in [4.78, 5) is 28.5. The zero-order valence-electron chi connectivity index (χ0n) is 17.6. The van der Waals surface area contributed by atoms with Crippen LogP contribution in [-0.2, 0) is 9.59 Å². The standard InChI is InChI=1S/C23H26ClN3O4/c1-30-20-8-6-17(14-21(20)31-2)7-9-22(28)25-16-23(29)27-12-10-26(11-13-27)19-5-3-4-18(24)15-19/h3-9,14-15H,10-13,16H2,1-2H3,(H,25,28)/b9-7+. The second kappa shape index (κ2) is 10.7. The van der Waals surface area contributed by atoms with Crippen molar-refractivity contribution < 1.29 is 19.1 Å². The molecule has 1 heterocycles. The average Bonchev–Trinajstić information content (AvgIpc) is 2.81. The van der Waals surface area contributed by atoms with E-state index in [4.69, 9.17) is 21.1 Å². The first-order chi connectivity index (χ1) is 15.0. The highest BCUT2D eigenvalue weighted by atomic mass is 35.5. The van der Waals surface area contributed by atoms with Gasteiger partial charge in [0.05, 0.1) is 20.8 Å². The Labute approximate surface area is 187 Å². The second-order valence-electron chi connectivity index (χ2n) is 7.01. The first-order valence-electron chi connectivity index (χ1n) is 9.96. The van der Waals surface area contributed by atoms with Gasteiger partial charge in [-0.1, -0.05) is 23.7 Å². The number of piperazine rings is 1. The number of hydrogen-bond donors (Lipinski definition) is 1. The van der Waals surface area contributed by atoms with Crippen molar-refractivity contribution in [3.05, 3.63) is 59.1 Å². The molecule has 2 aromatic rings. The Morgan fingerprint density at radius 2 is 1.77 bits per heavy atom. The fourth-order valence-corrected chi connectivity index (χ4v) is 3.53. The molecule has 1 saturated heterocycles. The van der Waals surface area contributed by atoms with Crippen molar-refractivity contribution in [2.24, 2.45) is 0 Å². The van der Waals surface area contributed by atoms with Gasteiger partial charge in [-0.2, -0.15) is 0 Å². The number of nitrogens with one attached hydrogen (secondary N) is 1. The van der Waals surface area contributed by atoms with Gasteiger partial charge in [-0.15, -0.1) is 0 Å². The zero-order valence-corrected chi connectivity index (χ0v) is 18.4. The Kier molecular flexibility index (Phi) is 7.78. The van der Waals surface area contributed by atoms with Crippen molar-refractivity contribution in [1.29, 1.82) is 0 Å². The number of benzene rings is 2. The third-order valence-corrected chi connectivity index (χ3v) is 5.29. The van der Waals surface area contributed by atoms with Gasteiger partial charge in [-0.05, 0) is 42.0 Å². The summed E-state index contributed by atoms with van der Waals surface area (Å²) >= 11 is 6.06. The van der Waals surface area contributed by atoms with Gasteiger partial charge < -0.3 is 24.6 Å². The maximum Gasteiger partial charge on any atom is 0.244 e. The van der Waals surface area contributed by atoms with Crippen LogP contribution in [0.2, 0.25) is 5.02 Å². The van der Waals surface area contributed by atoms with E-state index in [2.05, 4.69) is 10.2 Å². The van der Waals surface area contributed by atoms with Crippen molar-refractivity contribution in [2.75, 3.05) is 51.8 Å². The Morgan fingerprint density at radius 1 is 1.03 bits per heavy atom. The molecule has 3 rings (SSSR count). The maximum atomic E-state index is 12.4. The van der Waals surface area contributed by atoms with Crippen molar-refractivity contribution in [3.63, 3.8) is 0 Å². The quantitative estimate of drug-likeness (QED) is 0.666. The van der Waals surface area contributed by atoms with Crippen molar-refractivity contribution in [2.45, 2.75) is 0 Å². The van der Waals surface area contributed by atoms with E-state index in [9.17, 15) is 9.59 Å². The molecule has 1 N–H and O–H groups in total. The van der Waals surface area contributed by atoms with Crippen LogP contribution >= 0.6 is 11.6 Å². The Bertz CT molecular complexity index is 956. The number of amides is 2. The van der Waals surface area contributed by atoms with Gasteiger partial charge in [-0.3, -0.25) is 9.59 Å². The van der Waals surface area contributed by atoms with Crippen molar-refractivity contribution in [1.82, 2.24) is 10.2 Å². The lowest BCUT2D eigenvalue weighted by molar-refractivity contribution is -0.132. The fraction of sp³-hybridized carbons (Fsp3) is 0.304. The Balaban J connectivity index is 1.45. The summed E-state index contributed by atoms with van der Waals surface area (Å²) in [5, 5.41) is 3.34. The lowest BCUT2D eigenvalue weighted by Crippen LogP contribution is -2.51. The second-order valence-corrected chi connectivity index (χ2v) is 7.45. The van der Waals surface area contributed by atoms with Crippen LogP contribution in [0.5, 0.6) is 11.5 Å². The molecule has 2 amide bonds. The van der Waals surface area contributed by atoms with Gasteiger partial charge in [0.15, 0.2) is 11.5 Å². The number of halogens is 1. The van der Waals surface area contributed by atoms with E-state index in [1.54, 1.807) is 37.3 Å². The van der Waals surface area contributed by atoms with E-state index in [1.165, 1.54) is 6.08 Å². The van der Waals surface area contributed by atoms with Crippen molar-refractivity contribution in [3.8, 4) is 11.5 Å². The van der Waals surface area contributed by atoms with E-state index in [0.29, 0.717) is 29.6 Å². The van der Waals surface area contributed by atoms with Crippen LogP contribution in [0.3, 0.4) is 0 Å². The highest BCUT2D eigenvalue weighted by molar-refractivity contribution is 6.30. The fourth-order valence-electron chi connectivity index (χ4n) is 3.35. The predicted octanol–water partition coefficient (Wildman–Crippen LogP) is 2.84. The average molecular weight is 444 g/mol. The highest BCUT2D eigenvalue weighted by Crippen LogP contribution is 2.28. The minimum absolute atomic E-state index is 0.0354. The van der Waals surface area contributed by atoms with Gasteiger partial charge in [0.2, 0.25) is 11.8 Å². The van der Waals surface area contributed by atoms with Gasteiger partial charge >= 0.3 is 0 Å². The van der Waals surface area contributed by atoms with Gasteiger partial charge in [-0.25, -0.2) is 0 Å². The molecule has 0 bridgehead atoms. The Hall–Kier alpha value is -3.19. The molecule has 31 heavy (non-hydrogen) atoms. The summed E-state index contributed by atoms with van der Waals surface area (Å²) in [6.07, 6.45) is 3.05. The summed E-state index contributed by atoms with van der Waals surface area (Å²) in [7, 11) is 3.12. The van der Waals surface area contributed by atoms with Crippen LogP contribution in [0.25, 0.3) is 6.08 Å². The van der Waals surface area contributed by atoms with Gasteiger partial charge in [0.1, 0.15) is 0 Å². The normalized spacial score (nSPS) is 13.9. The van der Waals surface area contributed by atoms with Crippen LogP contribution in [-0.4, -0.2) is 63.7 Å². The van der Waals surface area contributed by atoms with E-state index in [1.807, 2.05) is 30.3 Å². The van der Waals surface area contributed by atoms with E-state index < -0.39 is 0 Å². The lowest BCUT2D eigenvalue weighted by atomic mass is 10.2. The summed E-state index contributed by atoms with van der Waals surface area (Å²) in [5.74, 6) is 0.765. The van der Waals surface area contributed by atoms with Crippen molar-refractivity contribution >= 4 is 35.2 Å². The summed E-state index contributed by atoms with van der Waals surface area (Å²) in [5.41, 5.74) is 1.84. The molecular weight excluding hydrogens is 418 g/mol. The monoisotopic (exact) mass is 443 g/mol. The number of methoxy groups -OCH3 is 2. The third-order valence-electron chi connectivity index (χ3n) is 5.05. The van der Waals surface area contributed by atoms with Crippen LogP contribution in [0.1, 0.15) is 5.56 Å². The van der Waals surface area contributed by atoms with E-state index >= 15 is 0 Å². The smallest absolute Gasteiger partial charge is 0.244 e. The molecule has 0 spiro atoms. The van der Waals surface area contributed by atoms with E-state index in [-0.39, 0.29) is 18.4 Å². The molecule has 1 fully saturated rings. The molecule has 0 unspecified atom stereocenters. The molecule has 0 saturated carbocycles. The highest BCUT2D eigenvalue weighted by Gasteiger charge is 2.21. The molecule has 8 heteroatoms.